The Balaban J connectivity index is 0. The van der Waals surface area contributed by atoms with Crippen molar-refractivity contribution in [3.8, 4) is 0 Å². The largest absolute Gasteiger partial charge is 0.388 e. The molecule has 8 N–H and O–H groups in total. The van der Waals surface area contributed by atoms with E-state index in [0.29, 0.717) is 17.5 Å². The molecule has 3 atom stereocenters. The van der Waals surface area contributed by atoms with Gasteiger partial charge < -0.3 is 47.2 Å². The van der Waals surface area contributed by atoms with Gasteiger partial charge in [0.15, 0.2) is 0 Å². The van der Waals surface area contributed by atoms with Crippen molar-refractivity contribution in [1.29, 1.82) is 0 Å². The summed E-state index contributed by atoms with van der Waals surface area (Å²) in [6, 6.07) is 29.2. The maximum absolute atomic E-state index is 13.3. The van der Waals surface area contributed by atoms with Gasteiger partial charge in [0, 0.05) is 56.0 Å². The summed E-state index contributed by atoms with van der Waals surface area (Å²) in [6.07, 6.45) is 5.91. The summed E-state index contributed by atoms with van der Waals surface area (Å²) in [4.78, 5) is 52.9. The minimum absolute atomic E-state index is 0.0713. The predicted molar refractivity (Wildman–Crippen MR) is 230 cm³/mol. The summed E-state index contributed by atoms with van der Waals surface area (Å²) in [5.41, 5.74) is 16.0. The van der Waals surface area contributed by atoms with Crippen LogP contribution in [0.2, 0.25) is 0 Å². The van der Waals surface area contributed by atoms with Crippen molar-refractivity contribution in [2.45, 2.75) is 58.5 Å². The van der Waals surface area contributed by atoms with Gasteiger partial charge in [-0.25, -0.2) is 0 Å². The van der Waals surface area contributed by atoms with Crippen LogP contribution in [0.1, 0.15) is 71.8 Å². The fraction of sp³-hybridized carbons (Fsp3) is 0.349. The van der Waals surface area contributed by atoms with E-state index in [9.17, 15) is 4.79 Å². The fourth-order valence-corrected chi connectivity index (χ4v) is 5.18. The van der Waals surface area contributed by atoms with Crippen molar-refractivity contribution in [2.75, 3.05) is 51.0 Å². The first-order valence-electron chi connectivity index (χ1n) is 18.2. The van der Waals surface area contributed by atoms with Gasteiger partial charge in [-0.3, -0.25) is 19.4 Å². The second-order valence-corrected chi connectivity index (χ2v) is 12.3. The number of rotatable bonds is 15. The van der Waals surface area contributed by atoms with Gasteiger partial charge in [0.25, 0.3) is 5.91 Å². The van der Waals surface area contributed by atoms with E-state index >= 15 is 0 Å². The first kappa shape index (κ1) is 52.2. The van der Waals surface area contributed by atoms with Crippen molar-refractivity contribution in [1.82, 2.24) is 20.9 Å². The standard InChI is InChI=1S/C32H46N6O.C7H8.2CH3NO.2CH2O/c1-23(27-10-12-30(34-5)13-11-27)24(2)36-17-14-26-19-29(21-31(20-26)38(6)18-8-15-33-4)32(39)37-25(3)28-9-7-16-35-22-28;1-7-5-3-2-4-6-7;2*2-1-3;2*1-2/h7,9-13,16,19-25,33-34,36H,8,14-15,17-18H2,1-6H3,(H,37,39);2-6H,1H3;2*1H,(H2,2,3);2*1H2. The van der Waals surface area contributed by atoms with Crippen LogP contribution in [0.15, 0.2) is 97.3 Å². The summed E-state index contributed by atoms with van der Waals surface area (Å²) in [6.45, 7) is 15.3. The molecular weight excluding hydrogens is 709 g/mol. The zero-order valence-corrected chi connectivity index (χ0v) is 34.2. The van der Waals surface area contributed by atoms with Gasteiger partial charge in [0.05, 0.1) is 6.04 Å². The van der Waals surface area contributed by atoms with Crippen molar-refractivity contribution in [3.63, 3.8) is 0 Å². The van der Waals surface area contributed by atoms with Gasteiger partial charge in [-0.05, 0) is 113 Å². The van der Waals surface area contributed by atoms with Crippen LogP contribution in [0.4, 0.5) is 11.4 Å². The molecule has 0 bridgehead atoms. The summed E-state index contributed by atoms with van der Waals surface area (Å²) in [7, 11) is 6.00. The highest BCUT2D eigenvalue weighted by atomic mass is 16.2. The van der Waals surface area contributed by atoms with Gasteiger partial charge in [-0.15, -0.1) is 0 Å². The minimum atomic E-state index is -0.127. The van der Waals surface area contributed by atoms with Gasteiger partial charge in [0.2, 0.25) is 12.8 Å². The zero-order chi connectivity index (χ0) is 42.7. The first-order chi connectivity index (χ1) is 27.0. The van der Waals surface area contributed by atoms with E-state index < -0.39 is 0 Å². The fourth-order valence-electron chi connectivity index (χ4n) is 5.18. The maximum Gasteiger partial charge on any atom is 0.251 e. The Labute approximate surface area is 334 Å². The molecule has 3 amide bonds. The summed E-state index contributed by atoms with van der Waals surface area (Å²) < 4.78 is 0. The van der Waals surface area contributed by atoms with E-state index in [1.807, 2.05) is 77.1 Å². The molecule has 3 unspecified atom stereocenters. The van der Waals surface area contributed by atoms with Crippen molar-refractivity contribution in [3.05, 3.63) is 125 Å². The number of hydrogen-bond acceptors (Lipinski definition) is 10. The number of amides is 3. The van der Waals surface area contributed by atoms with E-state index in [4.69, 9.17) is 19.2 Å². The third kappa shape index (κ3) is 22.3. The molecule has 13 nitrogen and oxygen atoms in total. The van der Waals surface area contributed by atoms with Crippen molar-refractivity contribution in [2.24, 2.45) is 11.5 Å². The Bertz CT molecular complexity index is 1570. The Morgan fingerprint density at radius 1 is 0.839 bits per heavy atom. The molecule has 56 heavy (non-hydrogen) atoms. The predicted octanol–water partition coefficient (Wildman–Crippen LogP) is 4.81. The Morgan fingerprint density at radius 2 is 1.45 bits per heavy atom. The normalized spacial score (nSPS) is 11.0. The molecule has 1 heterocycles. The molecule has 13 heteroatoms. The maximum atomic E-state index is 13.3. The number of nitrogens with zero attached hydrogens (tertiary/aromatic N) is 2. The van der Waals surface area contributed by atoms with Crippen molar-refractivity contribution < 1.29 is 24.0 Å². The number of carbonyl (C=O) groups excluding carboxylic acids is 5. The number of carbonyl (C=O) groups is 5. The van der Waals surface area contributed by atoms with Crippen LogP contribution >= 0.6 is 0 Å². The highest BCUT2D eigenvalue weighted by Crippen LogP contribution is 2.23. The summed E-state index contributed by atoms with van der Waals surface area (Å²) in [5, 5.41) is 13.2. The number of aromatic nitrogens is 1. The molecule has 0 aliphatic heterocycles. The lowest BCUT2D eigenvalue weighted by Gasteiger charge is -2.23. The molecule has 306 valence electrons. The second-order valence-electron chi connectivity index (χ2n) is 12.3. The number of pyridine rings is 1. The average Bonchev–Trinajstić information content (AvgIpc) is 3.23. The smallest absolute Gasteiger partial charge is 0.251 e. The number of nitrogens with two attached hydrogens (primary N) is 2. The van der Waals surface area contributed by atoms with Gasteiger partial charge in [-0.2, -0.15) is 0 Å². The van der Waals surface area contributed by atoms with E-state index in [0.717, 1.165) is 55.0 Å². The van der Waals surface area contributed by atoms with E-state index in [2.05, 4.69) is 113 Å². The molecular formula is C43H64N8O5. The van der Waals surface area contributed by atoms with Gasteiger partial charge in [-0.1, -0.05) is 61.0 Å². The molecule has 0 saturated heterocycles. The quantitative estimate of drug-likeness (QED) is 0.0720. The summed E-state index contributed by atoms with van der Waals surface area (Å²) >= 11 is 0. The topological polar surface area (TPSA) is 202 Å². The third-order valence-corrected chi connectivity index (χ3v) is 8.43. The summed E-state index contributed by atoms with van der Waals surface area (Å²) in [5.74, 6) is 0.314. The monoisotopic (exact) mass is 772 g/mol. The van der Waals surface area contributed by atoms with Crippen LogP contribution in [0.3, 0.4) is 0 Å². The average molecular weight is 773 g/mol. The molecule has 0 spiro atoms. The van der Waals surface area contributed by atoms with Crippen LogP contribution in [0, 0.1) is 6.92 Å². The molecule has 4 aromatic rings. The number of benzene rings is 3. The van der Waals surface area contributed by atoms with Crippen LogP contribution in [-0.4, -0.2) is 84.1 Å². The van der Waals surface area contributed by atoms with E-state index in [1.54, 1.807) is 12.4 Å². The molecule has 1 aromatic heterocycles. The lowest BCUT2D eigenvalue weighted by atomic mass is 9.94. The number of hydrogen-bond donors (Lipinski definition) is 6. The molecule has 3 aromatic carbocycles. The number of aryl methyl sites for hydroxylation is 1. The Kier molecular flexibility index (Phi) is 31.3. The van der Waals surface area contributed by atoms with Crippen LogP contribution < -0.4 is 37.6 Å². The zero-order valence-electron chi connectivity index (χ0n) is 34.2. The number of anilines is 2. The number of primary amides is 2. The van der Waals surface area contributed by atoms with Crippen LogP contribution in [-0.2, 0) is 25.6 Å². The molecule has 0 aliphatic rings. The van der Waals surface area contributed by atoms with Crippen LogP contribution in [0.5, 0.6) is 0 Å². The first-order valence-corrected chi connectivity index (χ1v) is 18.2. The second kappa shape index (κ2) is 33.6. The van der Waals surface area contributed by atoms with Crippen LogP contribution in [0.25, 0.3) is 0 Å². The third-order valence-electron chi connectivity index (χ3n) is 8.43. The Hall–Kier alpha value is -5.92. The van der Waals surface area contributed by atoms with Gasteiger partial charge in [0.1, 0.15) is 13.6 Å². The highest BCUT2D eigenvalue weighted by Gasteiger charge is 2.16. The molecule has 0 saturated carbocycles. The molecule has 4 rings (SSSR count). The lowest BCUT2D eigenvalue weighted by Crippen LogP contribution is -2.32. The molecule has 0 radical (unpaired) electrons. The van der Waals surface area contributed by atoms with E-state index in [-0.39, 0.29) is 24.8 Å². The molecule has 0 fully saturated rings. The van der Waals surface area contributed by atoms with Gasteiger partial charge >= 0.3 is 0 Å². The van der Waals surface area contributed by atoms with Crippen molar-refractivity contribution >= 4 is 43.7 Å². The molecule has 0 aliphatic carbocycles. The Morgan fingerprint density at radius 3 is 1.95 bits per heavy atom. The lowest BCUT2D eigenvalue weighted by molar-refractivity contribution is -0.107. The SMILES string of the molecule is C=O.C=O.CNCCCN(C)c1cc(CCNC(C)C(C)c2ccc(NC)cc2)cc(C(=O)NC(C)c2cccnc2)c1.Cc1ccccc1.NC=O.NC=O. The van der Waals surface area contributed by atoms with E-state index in [1.165, 1.54) is 11.1 Å². The minimum Gasteiger partial charge on any atom is -0.388 e. The number of nitrogens with one attached hydrogen (secondary N) is 4. The highest BCUT2D eigenvalue weighted by molar-refractivity contribution is 5.95.